The van der Waals surface area contributed by atoms with Gasteiger partial charge in [0.2, 0.25) is 5.91 Å². The summed E-state index contributed by atoms with van der Waals surface area (Å²) in [5.41, 5.74) is -1.61. The minimum Gasteiger partial charge on any atom is -0.340 e. The topological polar surface area (TPSA) is 40.6 Å². The zero-order valence-electron chi connectivity index (χ0n) is 13.2. The summed E-state index contributed by atoms with van der Waals surface area (Å²) in [5, 5.41) is 0. The van der Waals surface area contributed by atoms with Gasteiger partial charge in [-0.15, -0.1) is 0 Å². The molecular weight excluding hydrogens is 283 g/mol. The van der Waals surface area contributed by atoms with Gasteiger partial charge >= 0.3 is 0 Å². The maximum Gasteiger partial charge on any atom is 0.260 e. The lowest BCUT2D eigenvalue weighted by molar-refractivity contribution is -0.138. The zero-order chi connectivity index (χ0) is 15.4. The zero-order valence-corrected chi connectivity index (χ0v) is 13.2. The van der Waals surface area contributed by atoms with Crippen LogP contribution in [0.25, 0.3) is 0 Å². The van der Waals surface area contributed by atoms with E-state index in [0.29, 0.717) is 38.3 Å². The molecule has 2 saturated carbocycles. The number of amides is 2. The standard InChI is InChI=1S/C17H25FN2O2/c18-17(7-8-17)15(22)19-10-1-5-16(9-11-19)6-4-14(21)20(16)12-13-2-3-13/h13H,1-12H2. The fraction of sp³-hybridized carbons (Fsp3) is 0.882. The Bertz CT molecular complexity index is 501. The van der Waals surface area contributed by atoms with Crippen molar-refractivity contribution in [2.45, 2.75) is 69.0 Å². The van der Waals surface area contributed by atoms with E-state index in [-0.39, 0.29) is 17.4 Å². The predicted molar refractivity (Wildman–Crippen MR) is 79.9 cm³/mol. The van der Waals surface area contributed by atoms with Gasteiger partial charge in [-0.25, -0.2) is 4.39 Å². The number of likely N-dealkylation sites (tertiary alicyclic amines) is 2. The first-order chi connectivity index (χ1) is 10.5. The van der Waals surface area contributed by atoms with E-state index in [4.69, 9.17) is 0 Å². The van der Waals surface area contributed by atoms with Crippen LogP contribution in [0.15, 0.2) is 0 Å². The lowest BCUT2D eigenvalue weighted by atomic mass is 9.87. The van der Waals surface area contributed by atoms with Crippen LogP contribution in [0.5, 0.6) is 0 Å². The Morgan fingerprint density at radius 1 is 1.14 bits per heavy atom. The van der Waals surface area contributed by atoms with Gasteiger partial charge in [-0.1, -0.05) is 0 Å². The molecule has 2 saturated heterocycles. The molecular formula is C17H25FN2O2. The average molecular weight is 308 g/mol. The van der Waals surface area contributed by atoms with Crippen molar-refractivity contribution in [2.24, 2.45) is 5.92 Å². The van der Waals surface area contributed by atoms with Crippen LogP contribution >= 0.6 is 0 Å². The molecule has 5 heteroatoms. The van der Waals surface area contributed by atoms with Gasteiger partial charge in [0.15, 0.2) is 5.67 Å². The summed E-state index contributed by atoms with van der Waals surface area (Å²) < 4.78 is 14.0. The Hall–Kier alpha value is -1.13. The quantitative estimate of drug-likeness (QED) is 0.802. The molecule has 0 bridgehead atoms. The highest BCUT2D eigenvalue weighted by Crippen LogP contribution is 2.45. The van der Waals surface area contributed by atoms with E-state index >= 15 is 0 Å². The van der Waals surface area contributed by atoms with E-state index in [1.54, 1.807) is 4.90 Å². The fourth-order valence-corrected chi connectivity index (χ4v) is 4.24. The van der Waals surface area contributed by atoms with Crippen LogP contribution in [-0.2, 0) is 9.59 Å². The van der Waals surface area contributed by atoms with Crippen LogP contribution in [-0.4, -0.2) is 52.5 Å². The number of carbonyl (C=O) groups excluding carboxylic acids is 2. The van der Waals surface area contributed by atoms with Crippen molar-refractivity contribution in [2.75, 3.05) is 19.6 Å². The Morgan fingerprint density at radius 3 is 2.59 bits per heavy atom. The third-order valence-electron chi connectivity index (χ3n) is 6.09. The number of alkyl halides is 1. The van der Waals surface area contributed by atoms with E-state index < -0.39 is 5.67 Å². The molecule has 0 aromatic rings. The number of hydrogen-bond donors (Lipinski definition) is 0. The lowest BCUT2D eigenvalue weighted by Gasteiger charge is -2.38. The van der Waals surface area contributed by atoms with Crippen molar-refractivity contribution >= 4 is 11.8 Å². The Labute approximate surface area is 131 Å². The van der Waals surface area contributed by atoms with Gasteiger partial charge in [0, 0.05) is 31.6 Å². The van der Waals surface area contributed by atoms with Gasteiger partial charge < -0.3 is 9.80 Å². The minimum absolute atomic E-state index is 0.0538. The summed E-state index contributed by atoms with van der Waals surface area (Å²) in [7, 11) is 0. The van der Waals surface area contributed by atoms with Crippen molar-refractivity contribution in [1.82, 2.24) is 9.80 Å². The third kappa shape index (κ3) is 2.42. The van der Waals surface area contributed by atoms with Gasteiger partial charge in [0.05, 0.1) is 0 Å². The van der Waals surface area contributed by atoms with Crippen LogP contribution in [0.4, 0.5) is 4.39 Å². The van der Waals surface area contributed by atoms with Crippen molar-refractivity contribution in [1.29, 1.82) is 0 Å². The second kappa shape index (κ2) is 4.93. The first-order valence-corrected chi connectivity index (χ1v) is 8.81. The van der Waals surface area contributed by atoms with Crippen molar-refractivity contribution < 1.29 is 14.0 Å². The summed E-state index contributed by atoms with van der Waals surface area (Å²) in [6.45, 7) is 2.16. The van der Waals surface area contributed by atoms with E-state index in [9.17, 15) is 14.0 Å². The molecule has 0 radical (unpaired) electrons. The second-order valence-corrected chi connectivity index (χ2v) is 7.78. The molecule has 2 aliphatic heterocycles. The van der Waals surface area contributed by atoms with E-state index in [1.165, 1.54) is 12.8 Å². The molecule has 4 rings (SSSR count). The molecule has 1 spiro atoms. The van der Waals surface area contributed by atoms with Gasteiger partial charge in [0.25, 0.3) is 5.91 Å². The molecule has 2 aliphatic carbocycles. The summed E-state index contributed by atoms with van der Waals surface area (Å²) >= 11 is 0. The summed E-state index contributed by atoms with van der Waals surface area (Å²) in [6.07, 6.45) is 7.51. The number of carbonyl (C=O) groups is 2. The highest BCUT2D eigenvalue weighted by molar-refractivity contribution is 5.88. The highest BCUT2D eigenvalue weighted by atomic mass is 19.1. The van der Waals surface area contributed by atoms with Crippen molar-refractivity contribution in [3.05, 3.63) is 0 Å². The van der Waals surface area contributed by atoms with Crippen LogP contribution < -0.4 is 0 Å². The smallest absolute Gasteiger partial charge is 0.260 e. The maximum absolute atomic E-state index is 14.0. The van der Waals surface area contributed by atoms with Gasteiger partial charge in [-0.2, -0.15) is 0 Å². The van der Waals surface area contributed by atoms with Crippen molar-refractivity contribution in [3.8, 4) is 0 Å². The van der Waals surface area contributed by atoms with Crippen LogP contribution in [0.3, 0.4) is 0 Å². The van der Waals surface area contributed by atoms with Gasteiger partial charge in [-0.3, -0.25) is 9.59 Å². The SMILES string of the molecule is O=C1CCC2(CCCN(C(=O)C3(F)CC3)CC2)N1CC1CC1. The van der Waals surface area contributed by atoms with Crippen LogP contribution in [0, 0.1) is 5.92 Å². The molecule has 0 aromatic carbocycles. The number of hydrogen-bond acceptors (Lipinski definition) is 2. The molecule has 122 valence electrons. The van der Waals surface area contributed by atoms with Crippen molar-refractivity contribution in [3.63, 3.8) is 0 Å². The molecule has 1 unspecified atom stereocenters. The lowest BCUT2D eigenvalue weighted by Crippen LogP contribution is -2.48. The maximum atomic E-state index is 14.0. The molecule has 0 N–H and O–H groups in total. The molecule has 0 aromatic heterocycles. The van der Waals surface area contributed by atoms with E-state index in [0.717, 1.165) is 32.2 Å². The molecule has 4 fully saturated rings. The largest absolute Gasteiger partial charge is 0.340 e. The molecule has 2 amide bonds. The molecule has 4 aliphatic rings. The number of rotatable bonds is 3. The minimum atomic E-state index is -1.56. The fourth-order valence-electron chi connectivity index (χ4n) is 4.24. The molecule has 1 atom stereocenters. The monoisotopic (exact) mass is 308 g/mol. The molecule has 4 nitrogen and oxygen atoms in total. The molecule has 22 heavy (non-hydrogen) atoms. The number of nitrogens with zero attached hydrogens (tertiary/aromatic N) is 2. The van der Waals surface area contributed by atoms with Crippen LogP contribution in [0.2, 0.25) is 0 Å². The van der Waals surface area contributed by atoms with Gasteiger partial charge in [0.1, 0.15) is 0 Å². The Kier molecular flexibility index (Phi) is 3.24. The predicted octanol–water partition coefficient (Wildman–Crippen LogP) is 2.27. The summed E-state index contributed by atoms with van der Waals surface area (Å²) in [5.74, 6) is 0.680. The van der Waals surface area contributed by atoms with Crippen LogP contribution in [0.1, 0.15) is 57.8 Å². The summed E-state index contributed by atoms with van der Waals surface area (Å²) in [4.78, 5) is 28.4. The third-order valence-corrected chi connectivity index (χ3v) is 6.09. The second-order valence-electron chi connectivity index (χ2n) is 7.78. The first kappa shape index (κ1) is 14.5. The highest BCUT2D eigenvalue weighted by Gasteiger charge is 2.54. The normalized spacial score (nSPS) is 34.1. The van der Waals surface area contributed by atoms with Gasteiger partial charge in [-0.05, 0) is 57.3 Å². The van der Waals surface area contributed by atoms with E-state index in [1.807, 2.05) is 0 Å². The average Bonchev–Trinajstić information content (AvgIpc) is 3.39. The number of halogens is 1. The molecule has 2 heterocycles. The first-order valence-electron chi connectivity index (χ1n) is 8.81. The van der Waals surface area contributed by atoms with E-state index in [2.05, 4.69) is 4.90 Å². The Balaban J connectivity index is 1.46. The Morgan fingerprint density at radius 2 is 1.91 bits per heavy atom. The summed E-state index contributed by atoms with van der Waals surface area (Å²) in [6, 6.07) is 0.